The molecule has 3 nitrogen and oxygen atoms in total. The first kappa shape index (κ1) is 19.2. The van der Waals surface area contributed by atoms with Crippen LogP contribution in [0.3, 0.4) is 0 Å². The van der Waals surface area contributed by atoms with Crippen molar-refractivity contribution in [1.82, 2.24) is 4.90 Å². The molecular formula is C17H31F2NO2. The van der Waals surface area contributed by atoms with Gasteiger partial charge < -0.3 is 10.0 Å². The highest BCUT2D eigenvalue weighted by Crippen LogP contribution is 2.43. The summed E-state index contributed by atoms with van der Waals surface area (Å²) in [7, 11) is 0. The number of hydrogen-bond donors (Lipinski definition) is 1. The Morgan fingerprint density at radius 3 is 2.50 bits per heavy atom. The largest absolute Gasteiger partial charge is 0.465 e. The van der Waals surface area contributed by atoms with Crippen LogP contribution in [0, 0.1) is 17.3 Å². The van der Waals surface area contributed by atoms with Gasteiger partial charge in [-0.15, -0.1) is 0 Å². The summed E-state index contributed by atoms with van der Waals surface area (Å²) in [6, 6.07) is 0. The second kappa shape index (κ2) is 7.60. The maximum Gasteiger partial charge on any atom is 0.407 e. The van der Waals surface area contributed by atoms with Gasteiger partial charge in [-0.2, -0.15) is 0 Å². The molecule has 0 aromatic carbocycles. The standard InChI is InChI=1S/C17H31F2NO2/c1-5-6-7-14-10-13(8-9-17(14,18)19)11-20(15(21)22)12-16(2,3)4/h13-14H,5-12H2,1-4H3,(H,21,22)/t13-,14-/m1/s1. The zero-order valence-corrected chi connectivity index (χ0v) is 14.4. The summed E-state index contributed by atoms with van der Waals surface area (Å²) in [4.78, 5) is 12.8. The Labute approximate surface area is 133 Å². The van der Waals surface area contributed by atoms with Gasteiger partial charge in [0.15, 0.2) is 0 Å². The third kappa shape index (κ3) is 6.09. The van der Waals surface area contributed by atoms with Gasteiger partial charge >= 0.3 is 6.09 Å². The number of amides is 1. The summed E-state index contributed by atoms with van der Waals surface area (Å²) < 4.78 is 28.0. The lowest BCUT2D eigenvalue weighted by Gasteiger charge is -2.38. The van der Waals surface area contributed by atoms with E-state index in [-0.39, 0.29) is 17.8 Å². The Morgan fingerprint density at radius 1 is 1.36 bits per heavy atom. The predicted molar refractivity (Wildman–Crippen MR) is 84.4 cm³/mol. The molecular weight excluding hydrogens is 288 g/mol. The predicted octanol–water partition coefficient (Wildman–Crippen LogP) is 5.25. The average Bonchev–Trinajstić information content (AvgIpc) is 2.36. The summed E-state index contributed by atoms with van der Waals surface area (Å²) in [5, 5.41) is 9.36. The quantitative estimate of drug-likeness (QED) is 0.726. The van der Waals surface area contributed by atoms with Crippen LogP contribution in [0.5, 0.6) is 0 Å². The van der Waals surface area contributed by atoms with Crippen LogP contribution in [0.2, 0.25) is 0 Å². The van der Waals surface area contributed by atoms with E-state index in [1.54, 1.807) is 0 Å². The van der Waals surface area contributed by atoms with E-state index in [1.165, 1.54) is 4.90 Å². The first-order valence-corrected chi connectivity index (χ1v) is 8.41. The van der Waals surface area contributed by atoms with Gasteiger partial charge in [0.25, 0.3) is 5.92 Å². The SMILES string of the molecule is CCCC[C@@H]1C[C@H](CN(CC(C)(C)C)C(=O)O)CCC1(F)F. The van der Waals surface area contributed by atoms with E-state index in [4.69, 9.17) is 0 Å². The molecule has 0 radical (unpaired) electrons. The minimum Gasteiger partial charge on any atom is -0.465 e. The Bertz CT molecular complexity index is 366. The number of rotatable bonds is 6. The summed E-state index contributed by atoms with van der Waals surface area (Å²) in [5.74, 6) is -3.11. The van der Waals surface area contributed by atoms with Crippen LogP contribution >= 0.6 is 0 Å². The first-order valence-electron chi connectivity index (χ1n) is 8.41. The molecule has 0 bridgehead atoms. The van der Waals surface area contributed by atoms with Gasteiger partial charge in [-0.1, -0.05) is 40.5 Å². The lowest BCUT2D eigenvalue weighted by molar-refractivity contribution is -0.103. The molecule has 0 unspecified atom stereocenters. The minimum atomic E-state index is -2.58. The second-order valence-corrected chi connectivity index (χ2v) is 7.96. The first-order chi connectivity index (χ1) is 10.0. The summed E-state index contributed by atoms with van der Waals surface area (Å²) in [5.41, 5.74) is -0.126. The van der Waals surface area contributed by atoms with Crippen LogP contribution in [0.25, 0.3) is 0 Å². The van der Waals surface area contributed by atoms with E-state index in [0.717, 1.165) is 12.8 Å². The number of nitrogens with zero attached hydrogens (tertiary/aromatic N) is 1. The fraction of sp³-hybridized carbons (Fsp3) is 0.941. The molecule has 5 heteroatoms. The summed E-state index contributed by atoms with van der Waals surface area (Å²) >= 11 is 0. The van der Waals surface area contributed by atoms with E-state index in [0.29, 0.717) is 32.4 Å². The normalized spacial score (nSPS) is 25.0. The molecule has 22 heavy (non-hydrogen) atoms. The highest BCUT2D eigenvalue weighted by atomic mass is 19.3. The maximum absolute atomic E-state index is 14.0. The number of alkyl halides is 2. The molecule has 1 rings (SSSR count). The maximum atomic E-state index is 14.0. The molecule has 0 saturated heterocycles. The van der Waals surface area contributed by atoms with Gasteiger partial charge in [0, 0.05) is 25.4 Å². The van der Waals surface area contributed by atoms with Crippen LogP contribution in [0.15, 0.2) is 0 Å². The minimum absolute atomic E-state index is 0.0555. The molecule has 1 amide bonds. The highest BCUT2D eigenvalue weighted by molar-refractivity contribution is 5.65. The Morgan fingerprint density at radius 2 is 2.00 bits per heavy atom. The molecule has 0 heterocycles. The van der Waals surface area contributed by atoms with Crippen molar-refractivity contribution in [2.75, 3.05) is 13.1 Å². The monoisotopic (exact) mass is 319 g/mol. The van der Waals surface area contributed by atoms with Crippen molar-refractivity contribution >= 4 is 6.09 Å². The van der Waals surface area contributed by atoms with Crippen molar-refractivity contribution in [3.05, 3.63) is 0 Å². The van der Waals surface area contributed by atoms with E-state index in [1.807, 2.05) is 27.7 Å². The summed E-state index contributed by atoms with van der Waals surface area (Å²) in [6.07, 6.45) is 2.10. The van der Waals surface area contributed by atoms with Crippen molar-refractivity contribution in [2.24, 2.45) is 17.3 Å². The van der Waals surface area contributed by atoms with Gasteiger partial charge in [0.05, 0.1) is 0 Å². The van der Waals surface area contributed by atoms with E-state index in [2.05, 4.69) is 0 Å². The summed E-state index contributed by atoms with van der Waals surface area (Å²) in [6.45, 7) is 8.79. The van der Waals surface area contributed by atoms with Crippen LogP contribution in [0.4, 0.5) is 13.6 Å². The van der Waals surface area contributed by atoms with Gasteiger partial charge in [0.1, 0.15) is 0 Å². The van der Waals surface area contributed by atoms with Crippen LogP contribution in [-0.4, -0.2) is 35.1 Å². The second-order valence-electron chi connectivity index (χ2n) is 7.96. The number of halogens is 2. The number of unbranched alkanes of at least 4 members (excludes halogenated alkanes) is 1. The van der Waals surface area contributed by atoms with Crippen molar-refractivity contribution in [3.63, 3.8) is 0 Å². The van der Waals surface area contributed by atoms with Gasteiger partial charge in [0.2, 0.25) is 0 Å². The zero-order valence-electron chi connectivity index (χ0n) is 14.4. The van der Waals surface area contributed by atoms with Gasteiger partial charge in [-0.25, -0.2) is 13.6 Å². The van der Waals surface area contributed by atoms with Gasteiger partial charge in [-0.3, -0.25) is 0 Å². The van der Waals surface area contributed by atoms with Crippen LogP contribution in [0.1, 0.15) is 66.2 Å². The number of hydrogen-bond acceptors (Lipinski definition) is 1. The zero-order chi connectivity index (χ0) is 17.0. The average molecular weight is 319 g/mol. The van der Waals surface area contributed by atoms with Crippen LogP contribution in [-0.2, 0) is 0 Å². The Hall–Kier alpha value is -0.870. The molecule has 130 valence electrons. The van der Waals surface area contributed by atoms with E-state index in [9.17, 15) is 18.7 Å². The Kier molecular flexibility index (Phi) is 6.63. The highest BCUT2D eigenvalue weighted by Gasteiger charge is 2.44. The molecule has 0 aromatic rings. The number of carbonyl (C=O) groups is 1. The lowest BCUT2D eigenvalue weighted by atomic mass is 9.76. The van der Waals surface area contributed by atoms with Crippen molar-refractivity contribution in [3.8, 4) is 0 Å². The van der Waals surface area contributed by atoms with Crippen molar-refractivity contribution in [1.29, 1.82) is 0 Å². The van der Waals surface area contributed by atoms with Gasteiger partial charge in [-0.05, 0) is 30.6 Å². The molecule has 1 aliphatic carbocycles. The molecule has 1 saturated carbocycles. The third-order valence-electron chi connectivity index (χ3n) is 4.42. The lowest BCUT2D eigenvalue weighted by Crippen LogP contribution is -2.43. The molecule has 1 aliphatic rings. The Balaban J connectivity index is 2.66. The molecule has 0 aliphatic heterocycles. The molecule has 1 N–H and O–H groups in total. The molecule has 1 fully saturated rings. The van der Waals surface area contributed by atoms with E-state index >= 15 is 0 Å². The fourth-order valence-electron chi connectivity index (χ4n) is 3.33. The van der Waals surface area contributed by atoms with E-state index < -0.39 is 17.9 Å². The number of carboxylic acid groups (broad SMARTS) is 1. The molecule has 0 spiro atoms. The van der Waals surface area contributed by atoms with Crippen molar-refractivity contribution < 1.29 is 18.7 Å². The third-order valence-corrected chi connectivity index (χ3v) is 4.42. The van der Waals surface area contributed by atoms with Crippen molar-refractivity contribution in [2.45, 2.75) is 72.1 Å². The smallest absolute Gasteiger partial charge is 0.407 e. The van der Waals surface area contributed by atoms with Crippen LogP contribution < -0.4 is 0 Å². The topological polar surface area (TPSA) is 40.5 Å². The molecule has 0 aromatic heterocycles. The molecule has 2 atom stereocenters. The fourth-order valence-corrected chi connectivity index (χ4v) is 3.33.